The fraction of sp³-hybridized carbons (Fsp3) is 0.409. The molecule has 0 bridgehead atoms. The molecule has 3 nitrogen and oxygen atoms in total. The van der Waals surface area contributed by atoms with E-state index in [0.717, 1.165) is 0 Å². The van der Waals surface area contributed by atoms with Gasteiger partial charge in [-0.2, -0.15) is 0 Å². The molecule has 0 amide bonds. The molecule has 3 heteroatoms. The normalized spacial score (nSPS) is 12.8. The van der Waals surface area contributed by atoms with Gasteiger partial charge in [-0.15, -0.1) is 0 Å². The van der Waals surface area contributed by atoms with Crippen LogP contribution >= 0.6 is 0 Å². The molecule has 0 saturated carbocycles. The Balaban J connectivity index is 2.37. The Morgan fingerprint density at radius 1 is 0.800 bits per heavy atom. The van der Waals surface area contributed by atoms with Crippen LogP contribution in [0.2, 0.25) is 0 Å². The molecular formula is C22H28O3. The third-order valence-corrected chi connectivity index (χ3v) is 4.43. The Kier molecular flexibility index (Phi) is 5.10. The molecule has 2 aromatic rings. The summed E-state index contributed by atoms with van der Waals surface area (Å²) in [6.07, 6.45) is 0. The van der Waals surface area contributed by atoms with Crippen molar-refractivity contribution in [2.24, 2.45) is 10.8 Å². The van der Waals surface area contributed by atoms with Crippen LogP contribution in [-0.4, -0.2) is 16.7 Å². The molecule has 0 saturated heterocycles. The van der Waals surface area contributed by atoms with Crippen molar-refractivity contribution in [3.8, 4) is 5.75 Å². The lowest BCUT2D eigenvalue weighted by molar-refractivity contribution is -0.266. The fourth-order valence-corrected chi connectivity index (χ4v) is 3.06. The topological polar surface area (TPSA) is 46.5 Å². The maximum Gasteiger partial charge on any atom is 0.217 e. The van der Waals surface area contributed by atoms with Crippen LogP contribution in [0.25, 0.3) is 0 Å². The van der Waals surface area contributed by atoms with Gasteiger partial charge in [0.25, 0.3) is 0 Å². The van der Waals surface area contributed by atoms with Crippen molar-refractivity contribution in [1.29, 1.82) is 0 Å². The number of carbonyl (C=O) groups is 1. The Hall–Kier alpha value is -2.13. The van der Waals surface area contributed by atoms with Crippen molar-refractivity contribution >= 4 is 5.78 Å². The second kappa shape index (κ2) is 6.64. The van der Waals surface area contributed by atoms with Crippen LogP contribution in [0.5, 0.6) is 5.75 Å². The van der Waals surface area contributed by atoms with Gasteiger partial charge in [-0.1, -0.05) is 84.0 Å². The van der Waals surface area contributed by atoms with Gasteiger partial charge in [-0.3, -0.25) is 4.79 Å². The first kappa shape index (κ1) is 19.2. The second-order valence-electron chi connectivity index (χ2n) is 8.47. The maximum atomic E-state index is 12.6. The highest BCUT2D eigenvalue weighted by atomic mass is 16.6. The highest BCUT2D eigenvalue weighted by Crippen LogP contribution is 2.45. The summed E-state index contributed by atoms with van der Waals surface area (Å²) in [5, 5.41) is 11.3. The molecule has 2 aromatic carbocycles. The molecule has 0 heterocycles. The van der Waals surface area contributed by atoms with Crippen molar-refractivity contribution in [2.45, 2.75) is 47.3 Å². The number of benzene rings is 2. The van der Waals surface area contributed by atoms with E-state index in [1.807, 2.05) is 59.7 Å². The maximum absolute atomic E-state index is 12.6. The largest absolute Gasteiger partial charge is 0.461 e. The van der Waals surface area contributed by atoms with Gasteiger partial charge in [0.15, 0.2) is 5.78 Å². The Morgan fingerprint density at radius 2 is 1.32 bits per heavy atom. The van der Waals surface area contributed by atoms with Crippen molar-refractivity contribution in [3.05, 3.63) is 65.7 Å². The summed E-state index contributed by atoms with van der Waals surface area (Å²) >= 11 is 0. The van der Waals surface area contributed by atoms with Crippen molar-refractivity contribution in [3.63, 3.8) is 0 Å². The van der Waals surface area contributed by atoms with Crippen LogP contribution in [0.3, 0.4) is 0 Å². The molecule has 0 fully saturated rings. The molecule has 0 spiro atoms. The van der Waals surface area contributed by atoms with Crippen molar-refractivity contribution in [1.82, 2.24) is 0 Å². The molecule has 25 heavy (non-hydrogen) atoms. The molecule has 1 N–H and O–H groups in total. The third kappa shape index (κ3) is 3.93. The predicted octanol–water partition coefficient (Wildman–Crippen LogP) is 5.08. The molecule has 0 unspecified atom stereocenters. The average molecular weight is 340 g/mol. The number of rotatable bonds is 4. The van der Waals surface area contributed by atoms with E-state index in [9.17, 15) is 9.90 Å². The highest BCUT2D eigenvalue weighted by molar-refractivity contribution is 6.09. The molecule has 2 rings (SSSR count). The summed E-state index contributed by atoms with van der Waals surface area (Å²) in [6, 6.07) is 16.1. The van der Waals surface area contributed by atoms with Crippen LogP contribution in [0.1, 0.15) is 57.5 Å². The Bertz CT molecular complexity index is 720. The lowest BCUT2D eigenvalue weighted by Crippen LogP contribution is -2.57. The average Bonchev–Trinajstić information content (AvgIpc) is 2.53. The zero-order valence-electron chi connectivity index (χ0n) is 16.0. The van der Waals surface area contributed by atoms with Gasteiger partial charge in [0, 0.05) is 22.0 Å². The SMILES string of the molecule is CC(C)(C)C(O)(Oc1cccc(C(=O)c2ccccc2)c1)C(C)(C)C. The van der Waals surface area contributed by atoms with E-state index in [4.69, 9.17) is 4.74 Å². The van der Waals surface area contributed by atoms with Crippen LogP contribution in [0, 0.1) is 10.8 Å². The molecule has 134 valence electrons. The van der Waals surface area contributed by atoms with Gasteiger partial charge in [-0.25, -0.2) is 0 Å². The zero-order valence-corrected chi connectivity index (χ0v) is 16.0. The minimum absolute atomic E-state index is 0.0684. The second-order valence-corrected chi connectivity index (χ2v) is 8.47. The van der Waals surface area contributed by atoms with Crippen LogP contribution in [0.15, 0.2) is 54.6 Å². The monoisotopic (exact) mass is 340 g/mol. The van der Waals surface area contributed by atoms with Crippen LogP contribution < -0.4 is 4.74 Å². The first-order valence-electron chi connectivity index (χ1n) is 8.57. The van der Waals surface area contributed by atoms with Gasteiger partial charge in [0.2, 0.25) is 5.79 Å². The third-order valence-electron chi connectivity index (χ3n) is 4.43. The number of carbonyl (C=O) groups excluding carboxylic acids is 1. The van der Waals surface area contributed by atoms with Crippen molar-refractivity contribution in [2.75, 3.05) is 0 Å². The highest BCUT2D eigenvalue weighted by Gasteiger charge is 2.52. The number of aliphatic hydroxyl groups is 1. The number of hydrogen-bond acceptors (Lipinski definition) is 3. The summed E-state index contributed by atoms with van der Waals surface area (Å²) in [5.74, 6) is -0.982. The first-order chi connectivity index (χ1) is 11.5. The summed E-state index contributed by atoms with van der Waals surface area (Å²) < 4.78 is 6.06. The van der Waals surface area contributed by atoms with Gasteiger partial charge in [0.05, 0.1) is 0 Å². The van der Waals surface area contributed by atoms with E-state index >= 15 is 0 Å². The van der Waals surface area contributed by atoms with E-state index in [1.165, 1.54) is 0 Å². The molecule has 0 aromatic heterocycles. The number of hydrogen-bond donors (Lipinski definition) is 1. The lowest BCUT2D eigenvalue weighted by Gasteiger charge is -2.48. The van der Waals surface area contributed by atoms with Gasteiger partial charge >= 0.3 is 0 Å². The summed E-state index contributed by atoms with van der Waals surface area (Å²) in [5.41, 5.74) is 0.144. The van der Waals surface area contributed by atoms with E-state index in [1.54, 1.807) is 36.4 Å². The standard InChI is InChI=1S/C22H28O3/c1-20(2,3)22(24,21(4,5)6)25-18-14-10-13-17(15-18)19(23)16-11-8-7-9-12-16/h7-15,24H,1-6H3. The number of ketones is 1. The summed E-state index contributed by atoms with van der Waals surface area (Å²) in [6.45, 7) is 11.7. The first-order valence-corrected chi connectivity index (χ1v) is 8.57. The van der Waals surface area contributed by atoms with E-state index in [0.29, 0.717) is 16.9 Å². The van der Waals surface area contributed by atoms with E-state index < -0.39 is 16.6 Å². The van der Waals surface area contributed by atoms with Crippen LogP contribution in [-0.2, 0) is 0 Å². The summed E-state index contributed by atoms with van der Waals surface area (Å²) in [4.78, 5) is 12.6. The van der Waals surface area contributed by atoms with Gasteiger partial charge in [-0.05, 0) is 12.1 Å². The lowest BCUT2D eigenvalue weighted by atomic mass is 9.70. The van der Waals surface area contributed by atoms with Crippen molar-refractivity contribution < 1.29 is 14.6 Å². The minimum Gasteiger partial charge on any atom is -0.461 e. The zero-order chi connectivity index (χ0) is 18.9. The number of ether oxygens (including phenoxy) is 1. The molecule has 0 atom stereocenters. The molecular weight excluding hydrogens is 312 g/mol. The minimum atomic E-state index is -1.39. The molecule has 0 aliphatic rings. The molecule has 0 aliphatic heterocycles. The predicted molar refractivity (Wildman–Crippen MR) is 101 cm³/mol. The summed E-state index contributed by atoms with van der Waals surface area (Å²) in [7, 11) is 0. The van der Waals surface area contributed by atoms with E-state index in [-0.39, 0.29) is 5.78 Å². The Morgan fingerprint density at radius 3 is 1.84 bits per heavy atom. The Labute approximate surface area is 150 Å². The molecule has 0 radical (unpaired) electrons. The quantitative estimate of drug-likeness (QED) is 0.624. The van der Waals surface area contributed by atoms with Crippen LogP contribution in [0.4, 0.5) is 0 Å². The van der Waals surface area contributed by atoms with E-state index in [2.05, 4.69) is 0 Å². The van der Waals surface area contributed by atoms with Gasteiger partial charge in [0.1, 0.15) is 5.75 Å². The molecule has 0 aliphatic carbocycles. The van der Waals surface area contributed by atoms with Gasteiger partial charge < -0.3 is 9.84 Å². The fourth-order valence-electron chi connectivity index (χ4n) is 3.06. The smallest absolute Gasteiger partial charge is 0.217 e.